The number of fused-ring (bicyclic) bond motifs is 1. The number of nitrogens with one attached hydrogen (secondary N) is 3. The third kappa shape index (κ3) is 7.56. The van der Waals surface area contributed by atoms with Crippen LogP contribution in [0.3, 0.4) is 0 Å². The molecule has 2 amide bonds. The largest absolute Gasteiger partial charge is 0.490 e. The van der Waals surface area contributed by atoms with Crippen LogP contribution in [-0.4, -0.2) is 52.4 Å². The quantitative estimate of drug-likeness (QED) is 0.381. The predicted molar refractivity (Wildman–Crippen MR) is 129 cm³/mol. The van der Waals surface area contributed by atoms with Gasteiger partial charge in [0.05, 0.1) is 17.9 Å². The Bertz CT molecular complexity index is 1270. The molecule has 0 fully saturated rings. The fourth-order valence-corrected chi connectivity index (χ4v) is 3.33. The summed E-state index contributed by atoms with van der Waals surface area (Å²) in [7, 11) is 0. The number of anilines is 1. The van der Waals surface area contributed by atoms with Crippen molar-refractivity contribution in [2.45, 2.75) is 26.4 Å². The maximum Gasteiger partial charge on any atom is 0.490 e. The second kappa shape index (κ2) is 11.6. The Morgan fingerprint density at radius 2 is 1.81 bits per heavy atom. The average Bonchev–Trinajstić information content (AvgIpc) is 3.29. The van der Waals surface area contributed by atoms with Gasteiger partial charge in [-0.2, -0.15) is 13.2 Å². The second-order valence-corrected chi connectivity index (χ2v) is 8.51. The number of pyridine rings is 1. The topological polar surface area (TPSA) is 133 Å². The van der Waals surface area contributed by atoms with Gasteiger partial charge in [-0.3, -0.25) is 15.1 Å². The van der Waals surface area contributed by atoms with E-state index in [9.17, 15) is 22.8 Å². The van der Waals surface area contributed by atoms with E-state index in [0.29, 0.717) is 24.4 Å². The van der Waals surface area contributed by atoms with Gasteiger partial charge in [0.2, 0.25) is 0 Å². The first-order valence-electron chi connectivity index (χ1n) is 11.2. The summed E-state index contributed by atoms with van der Waals surface area (Å²) >= 11 is 0. The summed E-state index contributed by atoms with van der Waals surface area (Å²) in [6, 6.07) is 13.2. The van der Waals surface area contributed by atoms with Gasteiger partial charge >= 0.3 is 18.2 Å². The fourth-order valence-electron chi connectivity index (χ4n) is 3.33. The van der Waals surface area contributed by atoms with E-state index in [1.807, 2.05) is 56.3 Å². The Labute approximate surface area is 210 Å². The first-order valence-corrected chi connectivity index (χ1v) is 11.2. The molecule has 4 rings (SSSR count). The van der Waals surface area contributed by atoms with Crippen molar-refractivity contribution in [1.29, 1.82) is 0 Å². The predicted octanol–water partition coefficient (Wildman–Crippen LogP) is 4.87. The Hall–Kier alpha value is -4.35. The molecule has 196 valence electrons. The average molecular weight is 518 g/mol. The Morgan fingerprint density at radius 3 is 2.41 bits per heavy atom. The summed E-state index contributed by atoms with van der Waals surface area (Å²) in [5, 5.41) is 12.7. The SMILES string of the molecule is CC(C)COC(=O)Nc1ccc(-c2cc(-c3cc4c([nH]3)CCNC4=O)ccn2)cc1.O=C(O)C(F)(F)F. The third-order valence-electron chi connectivity index (χ3n) is 5.09. The molecule has 0 saturated heterocycles. The lowest BCUT2D eigenvalue weighted by atomic mass is 10.1. The molecule has 0 bridgehead atoms. The van der Waals surface area contributed by atoms with Crippen LogP contribution in [0.2, 0.25) is 0 Å². The maximum atomic E-state index is 12.0. The Morgan fingerprint density at radius 1 is 1.14 bits per heavy atom. The number of rotatable bonds is 5. The van der Waals surface area contributed by atoms with Crippen molar-refractivity contribution >= 4 is 23.7 Å². The van der Waals surface area contributed by atoms with Gasteiger partial charge in [-0.25, -0.2) is 9.59 Å². The molecule has 0 spiro atoms. The van der Waals surface area contributed by atoms with E-state index in [-0.39, 0.29) is 11.8 Å². The standard InChI is InChI=1S/C23H24N4O3.C2HF3O2/c1-14(2)13-30-23(29)26-17-5-3-15(4-6-17)20-11-16(7-9-24-20)21-12-18-19(27-21)8-10-25-22(18)28;3-2(4,5)1(6)7/h3-7,9,11-12,14,27H,8,10,13H2,1-2H3,(H,25,28)(H,26,29);(H,6,7). The minimum Gasteiger partial charge on any atom is -0.475 e. The first-order chi connectivity index (χ1) is 17.4. The smallest absolute Gasteiger partial charge is 0.475 e. The maximum absolute atomic E-state index is 12.0. The van der Waals surface area contributed by atoms with Crippen LogP contribution in [0.4, 0.5) is 23.7 Å². The van der Waals surface area contributed by atoms with Crippen LogP contribution in [0.1, 0.15) is 29.9 Å². The van der Waals surface area contributed by atoms with E-state index in [1.54, 1.807) is 6.20 Å². The molecule has 9 nitrogen and oxygen atoms in total. The minimum atomic E-state index is -5.08. The highest BCUT2D eigenvalue weighted by Crippen LogP contribution is 2.27. The summed E-state index contributed by atoms with van der Waals surface area (Å²) in [6.45, 7) is 5.00. The Balaban J connectivity index is 0.000000479. The van der Waals surface area contributed by atoms with Gasteiger partial charge in [0.15, 0.2) is 0 Å². The van der Waals surface area contributed by atoms with Gasteiger partial charge in [0.1, 0.15) is 0 Å². The molecule has 0 radical (unpaired) electrons. The van der Waals surface area contributed by atoms with Gasteiger partial charge in [-0.05, 0) is 36.2 Å². The van der Waals surface area contributed by atoms with Gasteiger partial charge in [-0.1, -0.05) is 26.0 Å². The number of aliphatic carboxylic acids is 1. The van der Waals surface area contributed by atoms with Gasteiger partial charge in [-0.15, -0.1) is 0 Å². The molecule has 0 aliphatic carbocycles. The molecule has 4 N–H and O–H groups in total. The molecule has 1 aromatic carbocycles. The third-order valence-corrected chi connectivity index (χ3v) is 5.09. The van der Waals surface area contributed by atoms with Gasteiger partial charge < -0.3 is 20.1 Å². The number of H-pyrrole nitrogens is 1. The highest BCUT2D eigenvalue weighted by Gasteiger charge is 2.38. The van der Waals surface area contributed by atoms with Crippen LogP contribution in [0.25, 0.3) is 22.5 Å². The van der Waals surface area contributed by atoms with Gasteiger partial charge in [0.25, 0.3) is 5.91 Å². The molecule has 2 aromatic heterocycles. The van der Waals surface area contributed by atoms with Crippen molar-refractivity contribution in [2.75, 3.05) is 18.5 Å². The number of carbonyl (C=O) groups is 3. The highest BCUT2D eigenvalue weighted by atomic mass is 19.4. The number of aromatic amines is 1. The minimum absolute atomic E-state index is 0.0389. The zero-order valence-corrected chi connectivity index (χ0v) is 20.0. The number of hydrogen-bond acceptors (Lipinski definition) is 5. The number of amides is 2. The van der Waals surface area contributed by atoms with Crippen molar-refractivity contribution in [3.63, 3.8) is 0 Å². The molecule has 1 aliphatic heterocycles. The van der Waals surface area contributed by atoms with E-state index in [1.165, 1.54) is 0 Å². The zero-order valence-electron chi connectivity index (χ0n) is 20.0. The van der Waals surface area contributed by atoms with Gasteiger partial charge in [0, 0.05) is 47.4 Å². The normalized spacial score (nSPS) is 12.6. The van der Waals surface area contributed by atoms with Crippen LogP contribution in [-0.2, 0) is 16.0 Å². The zero-order chi connectivity index (χ0) is 27.2. The number of ether oxygens (including phenoxy) is 1. The van der Waals surface area contributed by atoms with E-state index < -0.39 is 18.2 Å². The molecule has 0 unspecified atom stereocenters. The number of carbonyl (C=O) groups excluding carboxylic acids is 2. The number of carboxylic acid groups (broad SMARTS) is 1. The number of carboxylic acids is 1. The van der Waals surface area contributed by atoms with Crippen molar-refractivity contribution in [3.8, 4) is 22.5 Å². The summed E-state index contributed by atoms with van der Waals surface area (Å²) in [5.41, 5.74) is 5.91. The number of nitrogens with zero attached hydrogens (tertiary/aromatic N) is 1. The van der Waals surface area contributed by atoms with Crippen molar-refractivity contribution in [3.05, 3.63) is 59.9 Å². The van der Waals surface area contributed by atoms with Crippen LogP contribution in [0, 0.1) is 5.92 Å². The molecule has 0 saturated carbocycles. The van der Waals surface area contributed by atoms with E-state index in [2.05, 4.69) is 20.6 Å². The molecule has 1 aliphatic rings. The van der Waals surface area contributed by atoms with E-state index in [4.69, 9.17) is 14.6 Å². The highest BCUT2D eigenvalue weighted by molar-refractivity contribution is 5.97. The lowest BCUT2D eigenvalue weighted by Crippen LogP contribution is -2.31. The lowest BCUT2D eigenvalue weighted by Gasteiger charge is -2.11. The molecule has 12 heteroatoms. The molecular weight excluding hydrogens is 493 g/mol. The number of halogens is 3. The molecular formula is C25H25F3N4O5. The molecule has 0 atom stereocenters. The van der Waals surface area contributed by atoms with E-state index in [0.717, 1.165) is 34.6 Å². The van der Waals surface area contributed by atoms with Crippen LogP contribution < -0.4 is 10.6 Å². The monoisotopic (exact) mass is 518 g/mol. The van der Waals surface area contributed by atoms with Crippen molar-refractivity contribution in [2.24, 2.45) is 5.92 Å². The number of benzene rings is 1. The fraction of sp³-hybridized carbons (Fsp3) is 0.280. The summed E-state index contributed by atoms with van der Waals surface area (Å²) in [6.07, 6.45) is -3.00. The first kappa shape index (κ1) is 27.2. The molecule has 3 aromatic rings. The van der Waals surface area contributed by atoms with Crippen molar-refractivity contribution in [1.82, 2.24) is 15.3 Å². The van der Waals surface area contributed by atoms with Crippen LogP contribution in [0.15, 0.2) is 48.7 Å². The number of aromatic nitrogens is 2. The Kier molecular flexibility index (Phi) is 8.53. The van der Waals surface area contributed by atoms with Crippen LogP contribution >= 0.6 is 0 Å². The summed E-state index contributed by atoms with van der Waals surface area (Å²) < 4.78 is 36.9. The number of alkyl halides is 3. The van der Waals surface area contributed by atoms with Crippen LogP contribution in [0.5, 0.6) is 0 Å². The number of hydrogen-bond donors (Lipinski definition) is 4. The molecule has 3 heterocycles. The summed E-state index contributed by atoms with van der Waals surface area (Å²) in [5.74, 6) is -2.51. The second-order valence-electron chi connectivity index (χ2n) is 8.51. The van der Waals surface area contributed by atoms with E-state index >= 15 is 0 Å². The molecule has 37 heavy (non-hydrogen) atoms. The lowest BCUT2D eigenvalue weighted by molar-refractivity contribution is -0.192. The van der Waals surface area contributed by atoms with Crippen molar-refractivity contribution < 1.29 is 37.4 Å². The summed E-state index contributed by atoms with van der Waals surface area (Å²) in [4.78, 5) is 40.5.